The molecule has 28 heavy (non-hydrogen) atoms. The van der Waals surface area contributed by atoms with Crippen molar-refractivity contribution in [3.05, 3.63) is 23.8 Å². The van der Waals surface area contributed by atoms with E-state index in [0.717, 1.165) is 36.0 Å². The van der Waals surface area contributed by atoms with Crippen LogP contribution in [0.4, 0.5) is 0 Å². The Hall–Kier alpha value is -2.44. The molecule has 0 bridgehead atoms. The highest BCUT2D eigenvalue weighted by atomic mass is 16.5. The van der Waals surface area contributed by atoms with Crippen molar-refractivity contribution in [1.29, 1.82) is 0 Å². The molecule has 0 aromatic heterocycles. The summed E-state index contributed by atoms with van der Waals surface area (Å²) in [6.07, 6.45) is 6.43. The Bertz CT molecular complexity index is 643. The number of nitrogens with one attached hydrogen (secondary N) is 3. The first-order valence-corrected chi connectivity index (χ1v) is 10.1. The van der Waals surface area contributed by atoms with Crippen LogP contribution >= 0.6 is 0 Å². The molecule has 1 aliphatic rings. The fourth-order valence-electron chi connectivity index (χ4n) is 3.51. The summed E-state index contributed by atoms with van der Waals surface area (Å²) in [5.41, 5.74) is 1.15. The van der Waals surface area contributed by atoms with Crippen LogP contribution in [0.3, 0.4) is 0 Å². The zero-order valence-corrected chi connectivity index (χ0v) is 17.3. The lowest BCUT2D eigenvalue weighted by Crippen LogP contribution is -2.42. The zero-order chi connectivity index (χ0) is 20.2. The lowest BCUT2D eigenvalue weighted by molar-refractivity contribution is -0.121. The molecule has 1 aromatic rings. The maximum Gasteiger partial charge on any atom is 0.220 e. The molecule has 0 spiro atoms. The van der Waals surface area contributed by atoms with Gasteiger partial charge in [0, 0.05) is 33.1 Å². The van der Waals surface area contributed by atoms with E-state index in [2.05, 4.69) is 20.9 Å². The number of benzene rings is 1. The van der Waals surface area contributed by atoms with E-state index < -0.39 is 0 Å². The van der Waals surface area contributed by atoms with Crippen molar-refractivity contribution in [3.8, 4) is 11.5 Å². The number of guanidine groups is 1. The van der Waals surface area contributed by atoms with E-state index in [1.54, 1.807) is 21.3 Å². The SMILES string of the molecule is CN=C(NCCNC(=O)CC1CCCC1)NCCc1ccc(OC)c(OC)c1. The first-order valence-electron chi connectivity index (χ1n) is 10.1. The maximum absolute atomic E-state index is 11.9. The van der Waals surface area contributed by atoms with Gasteiger partial charge in [0.25, 0.3) is 0 Å². The van der Waals surface area contributed by atoms with E-state index in [0.29, 0.717) is 25.4 Å². The molecule has 0 unspecified atom stereocenters. The Morgan fingerprint density at radius 1 is 1.04 bits per heavy atom. The fourth-order valence-corrected chi connectivity index (χ4v) is 3.51. The largest absolute Gasteiger partial charge is 0.493 e. The molecule has 0 aliphatic heterocycles. The highest BCUT2D eigenvalue weighted by Gasteiger charge is 2.17. The van der Waals surface area contributed by atoms with Crippen LogP contribution in [0.5, 0.6) is 11.5 Å². The highest BCUT2D eigenvalue weighted by molar-refractivity contribution is 5.80. The standard InChI is InChI=1S/C21H34N4O3/c1-22-21(25-13-12-23-20(26)15-16-6-4-5-7-16)24-11-10-17-8-9-18(27-2)19(14-17)28-3/h8-9,14,16H,4-7,10-13,15H2,1-3H3,(H,23,26)(H2,22,24,25). The summed E-state index contributed by atoms with van der Waals surface area (Å²) >= 11 is 0. The average Bonchev–Trinajstić information content (AvgIpc) is 3.22. The molecule has 1 saturated carbocycles. The molecule has 1 fully saturated rings. The Balaban J connectivity index is 1.62. The van der Waals surface area contributed by atoms with Gasteiger partial charge in [0.15, 0.2) is 17.5 Å². The number of carbonyl (C=O) groups excluding carboxylic acids is 1. The van der Waals surface area contributed by atoms with Crippen LogP contribution < -0.4 is 25.4 Å². The third-order valence-corrected chi connectivity index (χ3v) is 5.07. The monoisotopic (exact) mass is 390 g/mol. The van der Waals surface area contributed by atoms with E-state index in [4.69, 9.17) is 9.47 Å². The van der Waals surface area contributed by atoms with Gasteiger partial charge in [-0.25, -0.2) is 0 Å². The normalized spacial score (nSPS) is 14.6. The van der Waals surface area contributed by atoms with Gasteiger partial charge in [0.1, 0.15) is 0 Å². The van der Waals surface area contributed by atoms with Gasteiger partial charge >= 0.3 is 0 Å². The van der Waals surface area contributed by atoms with Crippen LogP contribution in [-0.4, -0.2) is 52.8 Å². The van der Waals surface area contributed by atoms with Gasteiger partial charge in [-0.05, 0) is 42.9 Å². The van der Waals surface area contributed by atoms with Crippen molar-refractivity contribution in [2.75, 3.05) is 40.9 Å². The topological polar surface area (TPSA) is 84.0 Å². The predicted molar refractivity (Wildman–Crippen MR) is 112 cm³/mol. The molecule has 1 aliphatic carbocycles. The fraction of sp³-hybridized carbons (Fsp3) is 0.619. The number of nitrogens with zero attached hydrogens (tertiary/aromatic N) is 1. The summed E-state index contributed by atoms with van der Waals surface area (Å²) in [4.78, 5) is 16.2. The summed E-state index contributed by atoms with van der Waals surface area (Å²) in [5, 5.41) is 9.49. The minimum absolute atomic E-state index is 0.157. The number of methoxy groups -OCH3 is 2. The van der Waals surface area contributed by atoms with Crippen molar-refractivity contribution in [2.24, 2.45) is 10.9 Å². The third kappa shape index (κ3) is 7.29. The van der Waals surface area contributed by atoms with E-state index in [-0.39, 0.29) is 5.91 Å². The lowest BCUT2D eigenvalue weighted by atomic mass is 10.0. The van der Waals surface area contributed by atoms with Crippen molar-refractivity contribution in [2.45, 2.75) is 38.5 Å². The minimum Gasteiger partial charge on any atom is -0.493 e. The van der Waals surface area contributed by atoms with Gasteiger partial charge in [0.05, 0.1) is 14.2 Å². The Labute approximate surface area is 168 Å². The second-order valence-electron chi connectivity index (χ2n) is 7.07. The van der Waals surface area contributed by atoms with E-state index in [1.165, 1.54) is 25.7 Å². The molecule has 0 radical (unpaired) electrons. The molecule has 7 nitrogen and oxygen atoms in total. The first-order chi connectivity index (χ1) is 13.7. The molecule has 7 heteroatoms. The molecule has 2 rings (SSSR count). The van der Waals surface area contributed by atoms with Gasteiger partial charge < -0.3 is 25.4 Å². The number of aliphatic imine (C=N–C) groups is 1. The average molecular weight is 391 g/mol. The lowest BCUT2D eigenvalue weighted by Gasteiger charge is -2.14. The van der Waals surface area contributed by atoms with Crippen molar-refractivity contribution >= 4 is 11.9 Å². The van der Waals surface area contributed by atoms with Crippen LogP contribution in [-0.2, 0) is 11.2 Å². The van der Waals surface area contributed by atoms with Crippen LogP contribution in [0.1, 0.15) is 37.7 Å². The predicted octanol–water partition coefficient (Wildman–Crippen LogP) is 2.11. The Kier molecular flexibility index (Phi) is 9.45. The summed E-state index contributed by atoms with van der Waals surface area (Å²) in [7, 11) is 5.01. The van der Waals surface area contributed by atoms with Gasteiger partial charge in [-0.3, -0.25) is 9.79 Å². The van der Waals surface area contributed by atoms with Crippen LogP contribution in [0.2, 0.25) is 0 Å². The second-order valence-corrected chi connectivity index (χ2v) is 7.07. The summed E-state index contributed by atoms with van der Waals surface area (Å²) < 4.78 is 10.6. The summed E-state index contributed by atoms with van der Waals surface area (Å²) in [6.45, 7) is 1.98. The molecule has 0 atom stereocenters. The molecule has 3 N–H and O–H groups in total. The second kappa shape index (κ2) is 12.1. The van der Waals surface area contributed by atoms with E-state index in [1.807, 2.05) is 18.2 Å². The Morgan fingerprint density at radius 2 is 1.71 bits per heavy atom. The number of hydrogen-bond donors (Lipinski definition) is 3. The van der Waals surface area contributed by atoms with Gasteiger partial charge in [-0.15, -0.1) is 0 Å². The minimum atomic E-state index is 0.157. The van der Waals surface area contributed by atoms with Crippen LogP contribution in [0.25, 0.3) is 0 Å². The zero-order valence-electron chi connectivity index (χ0n) is 17.3. The summed E-state index contributed by atoms with van der Waals surface area (Å²) in [6, 6.07) is 5.92. The maximum atomic E-state index is 11.9. The smallest absolute Gasteiger partial charge is 0.220 e. The molecular formula is C21H34N4O3. The number of ether oxygens (including phenoxy) is 2. The number of hydrogen-bond acceptors (Lipinski definition) is 4. The van der Waals surface area contributed by atoms with Crippen LogP contribution in [0, 0.1) is 5.92 Å². The van der Waals surface area contributed by atoms with E-state index in [9.17, 15) is 4.79 Å². The Morgan fingerprint density at radius 3 is 2.39 bits per heavy atom. The third-order valence-electron chi connectivity index (χ3n) is 5.07. The number of amides is 1. The summed E-state index contributed by atoms with van der Waals surface area (Å²) in [5.74, 6) is 2.93. The van der Waals surface area contributed by atoms with Gasteiger partial charge in [0.2, 0.25) is 5.91 Å². The number of carbonyl (C=O) groups is 1. The van der Waals surface area contributed by atoms with Crippen molar-refractivity contribution in [3.63, 3.8) is 0 Å². The van der Waals surface area contributed by atoms with Crippen LogP contribution in [0.15, 0.2) is 23.2 Å². The molecule has 0 heterocycles. The highest BCUT2D eigenvalue weighted by Crippen LogP contribution is 2.28. The molecule has 1 aromatic carbocycles. The van der Waals surface area contributed by atoms with Crippen molar-refractivity contribution < 1.29 is 14.3 Å². The molecule has 156 valence electrons. The molecule has 0 saturated heterocycles. The van der Waals surface area contributed by atoms with Crippen molar-refractivity contribution in [1.82, 2.24) is 16.0 Å². The van der Waals surface area contributed by atoms with Gasteiger partial charge in [-0.1, -0.05) is 18.9 Å². The van der Waals surface area contributed by atoms with E-state index >= 15 is 0 Å². The first kappa shape index (κ1) is 21.9. The molecular weight excluding hydrogens is 356 g/mol. The quantitative estimate of drug-likeness (QED) is 0.324. The number of rotatable bonds is 10. The van der Waals surface area contributed by atoms with Gasteiger partial charge in [-0.2, -0.15) is 0 Å². The molecule has 1 amide bonds.